The van der Waals surface area contributed by atoms with Gasteiger partial charge in [0.05, 0.1) is 12.0 Å². The molecule has 0 radical (unpaired) electrons. The third kappa shape index (κ3) is 2.78. The second kappa shape index (κ2) is 5.72. The van der Waals surface area contributed by atoms with Crippen molar-refractivity contribution >= 4 is 33.2 Å². The molecule has 1 atom stereocenters. The zero-order valence-electron chi connectivity index (χ0n) is 10.8. The molecule has 1 saturated heterocycles. The normalized spacial score (nSPS) is 23.6. The van der Waals surface area contributed by atoms with Crippen LogP contribution in [0.15, 0.2) is 15.9 Å². The number of nitrogens with one attached hydrogen (secondary N) is 2. The standard InChI is InChI=1S/C13H19BrN2OS/c1-9(2)13(3-4-15-8-13)12(17)16-6-11-5-10(14)7-18-11/h5,7,9,15H,3-4,6,8H2,1-2H3,(H,16,17). The number of halogens is 1. The molecule has 2 N–H and O–H groups in total. The Labute approximate surface area is 120 Å². The second-order valence-corrected chi connectivity index (χ2v) is 7.06. The Morgan fingerprint density at radius 1 is 1.67 bits per heavy atom. The minimum absolute atomic E-state index is 0.187. The van der Waals surface area contributed by atoms with Gasteiger partial charge in [0, 0.05) is 21.3 Å². The fourth-order valence-electron chi connectivity index (χ4n) is 2.45. The van der Waals surface area contributed by atoms with E-state index < -0.39 is 0 Å². The van der Waals surface area contributed by atoms with Crippen LogP contribution < -0.4 is 10.6 Å². The van der Waals surface area contributed by atoms with Gasteiger partial charge in [0.1, 0.15) is 0 Å². The summed E-state index contributed by atoms with van der Waals surface area (Å²) in [5.74, 6) is 0.551. The quantitative estimate of drug-likeness (QED) is 0.891. The molecule has 1 fully saturated rings. The molecule has 18 heavy (non-hydrogen) atoms. The summed E-state index contributed by atoms with van der Waals surface area (Å²) in [6.45, 7) is 6.63. The van der Waals surface area contributed by atoms with Gasteiger partial charge in [-0.3, -0.25) is 4.79 Å². The van der Waals surface area contributed by atoms with E-state index in [0.717, 1.165) is 24.0 Å². The van der Waals surface area contributed by atoms with Crippen LogP contribution in [0, 0.1) is 11.3 Å². The molecule has 1 aliphatic heterocycles. The molecule has 2 heterocycles. The first-order valence-corrected chi connectivity index (χ1v) is 7.94. The van der Waals surface area contributed by atoms with Gasteiger partial charge >= 0.3 is 0 Å². The van der Waals surface area contributed by atoms with Crippen LogP contribution in [0.5, 0.6) is 0 Å². The maximum absolute atomic E-state index is 12.4. The second-order valence-electron chi connectivity index (χ2n) is 5.15. The first kappa shape index (κ1) is 14.0. The summed E-state index contributed by atoms with van der Waals surface area (Å²) >= 11 is 5.09. The van der Waals surface area contributed by atoms with Crippen LogP contribution in [0.3, 0.4) is 0 Å². The first-order chi connectivity index (χ1) is 8.54. The number of hydrogen-bond donors (Lipinski definition) is 2. The maximum atomic E-state index is 12.4. The zero-order chi connectivity index (χ0) is 13.2. The van der Waals surface area contributed by atoms with Gasteiger partial charge in [-0.1, -0.05) is 13.8 Å². The van der Waals surface area contributed by atoms with Gasteiger partial charge in [-0.2, -0.15) is 0 Å². The Morgan fingerprint density at radius 3 is 2.94 bits per heavy atom. The Kier molecular flexibility index (Phi) is 4.45. The van der Waals surface area contributed by atoms with E-state index >= 15 is 0 Å². The molecule has 0 aliphatic carbocycles. The summed E-state index contributed by atoms with van der Waals surface area (Å²) < 4.78 is 1.08. The van der Waals surface area contributed by atoms with Crippen LogP contribution in [0.4, 0.5) is 0 Å². The van der Waals surface area contributed by atoms with Crippen molar-refractivity contribution in [3.8, 4) is 0 Å². The Hall–Kier alpha value is -0.390. The van der Waals surface area contributed by atoms with Crippen molar-refractivity contribution < 1.29 is 4.79 Å². The molecule has 3 nitrogen and oxygen atoms in total. The summed E-state index contributed by atoms with van der Waals surface area (Å²) in [6.07, 6.45) is 0.935. The van der Waals surface area contributed by atoms with Crippen molar-refractivity contribution in [2.75, 3.05) is 13.1 Å². The molecule has 0 bridgehead atoms. The summed E-state index contributed by atoms with van der Waals surface area (Å²) in [6, 6.07) is 2.06. The Balaban J connectivity index is 1.98. The molecule has 2 rings (SSSR count). The van der Waals surface area contributed by atoms with Crippen LogP contribution in [-0.4, -0.2) is 19.0 Å². The molecule has 1 unspecified atom stereocenters. The molecule has 0 spiro atoms. The molecular weight excluding hydrogens is 312 g/mol. The van der Waals surface area contributed by atoms with Crippen LogP contribution >= 0.6 is 27.3 Å². The minimum Gasteiger partial charge on any atom is -0.351 e. The molecule has 5 heteroatoms. The molecule has 1 amide bonds. The fourth-order valence-corrected chi connectivity index (χ4v) is 3.84. The van der Waals surface area contributed by atoms with E-state index in [1.165, 1.54) is 4.88 Å². The van der Waals surface area contributed by atoms with Crippen molar-refractivity contribution in [1.29, 1.82) is 0 Å². The van der Waals surface area contributed by atoms with Crippen molar-refractivity contribution in [3.63, 3.8) is 0 Å². The number of rotatable bonds is 4. The summed E-state index contributed by atoms with van der Waals surface area (Å²) in [4.78, 5) is 13.6. The SMILES string of the molecule is CC(C)C1(C(=O)NCc2cc(Br)cs2)CCNC1. The highest BCUT2D eigenvalue weighted by atomic mass is 79.9. The predicted molar refractivity (Wildman–Crippen MR) is 78.6 cm³/mol. The van der Waals surface area contributed by atoms with Crippen LogP contribution in [-0.2, 0) is 11.3 Å². The first-order valence-electron chi connectivity index (χ1n) is 6.26. The van der Waals surface area contributed by atoms with Crippen LogP contribution in [0.2, 0.25) is 0 Å². The van der Waals surface area contributed by atoms with E-state index in [2.05, 4.69) is 46.5 Å². The van der Waals surface area contributed by atoms with Gasteiger partial charge in [0.15, 0.2) is 0 Å². The fraction of sp³-hybridized carbons (Fsp3) is 0.615. The van der Waals surface area contributed by atoms with Crippen molar-refractivity contribution in [3.05, 3.63) is 20.8 Å². The summed E-state index contributed by atoms with van der Waals surface area (Å²) in [7, 11) is 0. The molecule has 0 aromatic carbocycles. The molecule has 1 aromatic rings. The van der Waals surface area contributed by atoms with Crippen molar-refractivity contribution in [1.82, 2.24) is 10.6 Å². The largest absolute Gasteiger partial charge is 0.351 e. The summed E-state index contributed by atoms with van der Waals surface area (Å²) in [5, 5.41) is 8.44. The van der Waals surface area contributed by atoms with Gasteiger partial charge in [0.25, 0.3) is 0 Å². The predicted octanol–water partition coefficient (Wildman–Crippen LogP) is 2.76. The van der Waals surface area contributed by atoms with Gasteiger partial charge in [-0.25, -0.2) is 0 Å². The molecule has 0 saturated carbocycles. The number of hydrogen-bond acceptors (Lipinski definition) is 3. The van der Waals surface area contributed by atoms with E-state index in [-0.39, 0.29) is 11.3 Å². The zero-order valence-corrected chi connectivity index (χ0v) is 13.2. The molecule has 100 valence electrons. The van der Waals surface area contributed by atoms with Gasteiger partial charge in [0.2, 0.25) is 5.91 Å². The highest BCUT2D eigenvalue weighted by molar-refractivity contribution is 9.10. The lowest BCUT2D eigenvalue weighted by molar-refractivity contribution is -0.132. The molecule has 1 aromatic heterocycles. The number of carbonyl (C=O) groups is 1. The van der Waals surface area contributed by atoms with E-state index in [0.29, 0.717) is 12.5 Å². The average Bonchev–Trinajstić information content (AvgIpc) is 2.95. The average molecular weight is 331 g/mol. The lowest BCUT2D eigenvalue weighted by Gasteiger charge is -2.31. The van der Waals surface area contributed by atoms with Gasteiger partial charge in [-0.15, -0.1) is 11.3 Å². The van der Waals surface area contributed by atoms with Gasteiger partial charge < -0.3 is 10.6 Å². The van der Waals surface area contributed by atoms with Crippen molar-refractivity contribution in [2.45, 2.75) is 26.8 Å². The lowest BCUT2D eigenvalue weighted by Crippen LogP contribution is -2.45. The smallest absolute Gasteiger partial charge is 0.228 e. The maximum Gasteiger partial charge on any atom is 0.228 e. The van der Waals surface area contributed by atoms with Crippen LogP contribution in [0.25, 0.3) is 0 Å². The Morgan fingerprint density at radius 2 is 2.44 bits per heavy atom. The third-order valence-electron chi connectivity index (χ3n) is 3.79. The number of carbonyl (C=O) groups excluding carboxylic acids is 1. The van der Waals surface area contributed by atoms with E-state index in [9.17, 15) is 4.79 Å². The monoisotopic (exact) mass is 330 g/mol. The van der Waals surface area contributed by atoms with E-state index in [1.807, 2.05) is 5.38 Å². The highest BCUT2D eigenvalue weighted by Gasteiger charge is 2.43. The van der Waals surface area contributed by atoms with Crippen molar-refractivity contribution in [2.24, 2.45) is 11.3 Å². The molecular formula is C13H19BrN2OS. The number of thiophene rings is 1. The summed E-state index contributed by atoms with van der Waals surface area (Å²) in [5.41, 5.74) is -0.228. The van der Waals surface area contributed by atoms with E-state index in [4.69, 9.17) is 0 Å². The lowest BCUT2D eigenvalue weighted by atomic mass is 9.75. The van der Waals surface area contributed by atoms with Gasteiger partial charge in [-0.05, 0) is 40.9 Å². The Bertz CT molecular complexity index is 424. The number of amides is 1. The topological polar surface area (TPSA) is 41.1 Å². The minimum atomic E-state index is -0.228. The highest BCUT2D eigenvalue weighted by Crippen LogP contribution is 2.34. The van der Waals surface area contributed by atoms with Crippen LogP contribution in [0.1, 0.15) is 25.1 Å². The van der Waals surface area contributed by atoms with E-state index in [1.54, 1.807) is 11.3 Å². The molecule has 1 aliphatic rings. The third-order valence-corrected chi connectivity index (χ3v) is 5.49.